The molecule has 4 heteroatoms. The number of carbonyl (C=O) groups excluding carboxylic acids is 1. The largest absolute Gasteiger partial charge is 0.399 e. The Morgan fingerprint density at radius 1 is 1.50 bits per heavy atom. The molecule has 0 aromatic heterocycles. The average Bonchev–Trinajstić information content (AvgIpc) is 2.19. The first-order valence-corrected chi connectivity index (χ1v) is 4.04. The van der Waals surface area contributed by atoms with Crippen LogP contribution >= 0.6 is 0 Å². The summed E-state index contributed by atoms with van der Waals surface area (Å²) in [5, 5.41) is 3.77. The van der Waals surface area contributed by atoms with Gasteiger partial charge >= 0.3 is 0 Å². The molecule has 0 radical (unpaired) electrons. The first-order valence-electron chi connectivity index (χ1n) is 4.04. The fourth-order valence-electron chi connectivity index (χ4n) is 1.04. The van der Waals surface area contributed by atoms with E-state index in [1.807, 2.05) is 13.0 Å². The zero-order valence-corrected chi connectivity index (χ0v) is 8.02. The van der Waals surface area contributed by atoms with E-state index in [1.165, 1.54) is 13.2 Å². The molecule has 0 aliphatic carbocycles. The molecule has 0 N–H and O–H groups in total. The van der Waals surface area contributed by atoms with E-state index in [9.17, 15) is 4.79 Å². The lowest BCUT2D eigenvalue weighted by Gasteiger charge is -1.99. The van der Waals surface area contributed by atoms with Gasteiger partial charge < -0.3 is 4.84 Å². The molecule has 0 saturated carbocycles. The van der Waals surface area contributed by atoms with Crippen LogP contribution < -0.4 is 0 Å². The Morgan fingerprint density at radius 2 is 2.29 bits per heavy atom. The van der Waals surface area contributed by atoms with Gasteiger partial charge in [0.2, 0.25) is 6.08 Å². The molecule has 0 unspecified atom stereocenters. The van der Waals surface area contributed by atoms with Crippen LogP contribution in [-0.2, 0) is 9.63 Å². The maximum absolute atomic E-state index is 10.0. The monoisotopic (exact) mass is 190 g/mol. The molecule has 0 aliphatic rings. The zero-order chi connectivity index (χ0) is 10.4. The van der Waals surface area contributed by atoms with Crippen LogP contribution in [-0.4, -0.2) is 18.9 Å². The van der Waals surface area contributed by atoms with E-state index in [0.717, 1.165) is 11.3 Å². The molecule has 0 amide bonds. The summed E-state index contributed by atoms with van der Waals surface area (Å²) in [5.74, 6) is 0. The van der Waals surface area contributed by atoms with Crippen LogP contribution in [0.1, 0.15) is 12.5 Å². The second-order valence-electron chi connectivity index (χ2n) is 2.61. The maximum Gasteiger partial charge on any atom is 0.240 e. The van der Waals surface area contributed by atoms with Gasteiger partial charge in [-0.1, -0.05) is 17.3 Å². The van der Waals surface area contributed by atoms with Crippen molar-refractivity contribution < 1.29 is 9.63 Å². The Kier molecular flexibility index (Phi) is 3.58. The fraction of sp³-hybridized carbons (Fsp3) is 0.200. The van der Waals surface area contributed by atoms with Gasteiger partial charge in [0.1, 0.15) is 7.11 Å². The van der Waals surface area contributed by atoms with Gasteiger partial charge in [-0.25, -0.2) is 4.79 Å². The molecule has 0 fully saturated rings. The van der Waals surface area contributed by atoms with Gasteiger partial charge in [-0.15, -0.1) is 0 Å². The molecular formula is C10H10N2O2. The van der Waals surface area contributed by atoms with Gasteiger partial charge in [-0.2, -0.15) is 4.99 Å². The molecule has 0 saturated heterocycles. The van der Waals surface area contributed by atoms with E-state index in [2.05, 4.69) is 15.0 Å². The first kappa shape index (κ1) is 10.2. The van der Waals surface area contributed by atoms with E-state index < -0.39 is 0 Å². The van der Waals surface area contributed by atoms with Gasteiger partial charge in [-0.3, -0.25) is 0 Å². The number of hydrogen-bond acceptors (Lipinski definition) is 4. The number of nitrogens with zero attached hydrogens (tertiary/aromatic N) is 2. The number of oxime groups is 1. The zero-order valence-electron chi connectivity index (χ0n) is 8.02. The van der Waals surface area contributed by atoms with Crippen LogP contribution in [0, 0.1) is 0 Å². The third kappa shape index (κ3) is 2.54. The smallest absolute Gasteiger partial charge is 0.240 e. The highest BCUT2D eigenvalue weighted by Crippen LogP contribution is 2.13. The predicted octanol–water partition coefficient (Wildman–Crippen LogP) is 2.02. The third-order valence-electron chi connectivity index (χ3n) is 1.67. The summed E-state index contributed by atoms with van der Waals surface area (Å²) in [6.45, 7) is 1.81. The highest BCUT2D eigenvalue weighted by molar-refractivity contribution is 5.98. The first-order chi connectivity index (χ1) is 6.77. The number of isocyanates is 1. The van der Waals surface area contributed by atoms with Crippen LogP contribution in [0.3, 0.4) is 0 Å². The van der Waals surface area contributed by atoms with Gasteiger partial charge in [0.25, 0.3) is 0 Å². The standard InChI is InChI=1S/C10H10N2O2/c1-8(12-14-2)9-4-3-5-10(6-9)11-7-13/h3-6H,1-2H3/b12-8+. The normalized spacial score (nSPS) is 10.6. The highest BCUT2D eigenvalue weighted by atomic mass is 16.6. The molecule has 1 rings (SSSR count). The molecule has 0 spiro atoms. The van der Waals surface area contributed by atoms with Crippen LogP contribution in [0.25, 0.3) is 0 Å². The predicted molar refractivity (Wildman–Crippen MR) is 53.4 cm³/mol. The van der Waals surface area contributed by atoms with Crippen molar-refractivity contribution in [3.63, 3.8) is 0 Å². The SMILES string of the molecule is CO/N=C(\C)c1cccc(N=C=O)c1. The summed E-state index contributed by atoms with van der Waals surface area (Å²) in [7, 11) is 1.48. The molecule has 72 valence electrons. The van der Waals surface area contributed by atoms with Crippen LogP contribution in [0.4, 0.5) is 5.69 Å². The lowest BCUT2D eigenvalue weighted by Crippen LogP contribution is -1.94. The number of rotatable bonds is 3. The number of aliphatic imine (C=N–C) groups is 1. The molecule has 0 atom stereocenters. The molecule has 0 bridgehead atoms. The Labute approximate surface area is 81.9 Å². The Morgan fingerprint density at radius 3 is 2.93 bits per heavy atom. The van der Waals surface area contributed by atoms with Crippen LogP contribution in [0.2, 0.25) is 0 Å². The van der Waals surface area contributed by atoms with Crippen molar-refractivity contribution in [3.05, 3.63) is 29.8 Å². The summed E-state index contributed by atoms with van der Waals surface area (Å²) >= 11 is 0. The second-order valence-corrected chi connectivity index (χ2v) is 2.61. The quantitative estimate of drug-likeness (QED) is 0.416. The van der Waals surface area contributed by atoms with E-state index in [1.54, 1.807) is 18.2 Å². The molecule has 1 aromatic carbocycles. The van der Waals surface area contributed by atoms with E-state index in [4.69, 9.17) is 0 Å². The molecule has 1 aromatic rings. The summed E-state index contributed by atoms with van der Waals surface area (Å²) in [6.07, 6.45) is 1.49. The van der Waals surface area contributed by atoms with E-state index in [-0.39, 0.29) is 0 Å². The lowest BCUT2D eigenvalue weighted by molar-refractivity contribution is 0.213. The van der Waals surface area contributed by atoms with Crippen molar-refractivity contribution in [3.8, 4) is 0 Å². The minimum absolute atomic E-state index is 0.558. The fourth-order valence-corrected chi connectivity index (χ4v) is 1.04. The Hall–Kier alpha value is -1.93. The summed E-state index contributed by atoms with van der Waals surface area (Å²) < 4.78 is 0. The molecule has 0 aliphatic heterocycles. The third-order valence-corrected chi connectivity index (χ3v) is 1.67. The average molecular weight is 190 g/mol. The Bertz CT molecular complexity index is 393. The van der Waals surface area contributed by atoms with Gasteiger partial charge in [0.05, 0.1) is 11.4 Å². The van der Waals surface area contributed by atoms with E-state index >= 15 is 0 Å². The minimum atomic E-state index is 0.558. The molecule has 0 heterocycles. The Balaban J connectivity index is 3.05. The minimum Gasteiger partial charge on any atom is -0.399 e. The van der Waals surface area contributed by atoms with Crippen molar-refractivity contribution >= 4 is 17.5 Å². The number of hydrogen-bond donors (Lipinski definition) is 0. The summed E-state index contributed by atoms with van der Waals surface area (Å²) in [5.41, 5.74) is 2.15. The maximum atomic E-state index is 10.0. The van der Waals surface area contributed by atoms with Crippen molar-refractivity contribution in [2.75, 3.05) is 7.11 Å². The topological polar surface area (TPSA) is 51.0 Å². The molecule has 14 heavy (non-hydrogen) atoms. The lowest BCUT2D eigenvalue weighted by atomic mass is 10.1. The molecular weight excluding hydrogens is 180 g/mol. The van der Waals surface area contributed by atoms with Crippen molar-refractivity contribution in [2.24, 2.45) is 10.1 Å². The summed E-state index contributed by atoms with van der Waals surface area (Å²) in [4.78, 5) is 18.2. The van der Waals surface area contributed by atoms with E-state index in [0.29, 0.717) is 5.69 Å². The van der Waals surface area contributed by atoms with Crippen LogP contribution in [0.15, 0.2) is 34.4 Å². The van der Waals surface area contributed by atoms with Crippen LogP contribution in [0.5, 0.6) is 0 Å². The molecule has 4 nitrogen and oxygen atoms in total. The van der Waals surface area contributed by atoms with Gasteiger partial charge in [-0.05, 0) is 19.1 Å². The number of benzene rings is 1. The highest BCUT2D eigenvalue weighted by Gasteiger charge is 1.98. The second kappa shape index (κ2) is 4.94. The van der Waals surface area contributed by atoms with Gasteiger partial charge in [0, 0.05) is 5.56 Å². The van der Waals surface area contributed by atoms with Crippen molar-refractivity contribution in [2.45, 2.75) is 6.92 Å². The van der Waals surface area contributed by atoms with Gasteiger partial charge in [0.15, 0.2) is 0 Å². The summed E-state index contributed by atoms with van der Waals surface area (Å²) in [6, 6.07) is 7.11. The van der Waals surface area contributed by atoms with Crippen molar-refractivity contribution in [1.82, 2.24) is 0 Å². The van der Waals surface area contributed by atoms with Crippen molar-refractivity contribution in [1.29, 1.82) is 0 Å².